The van der Waals surface area contributed by atoms with Crippen molar-refractivity contribution in [2.45, 2.75) is 47.3 Å². The van der Waals surface area contributed by atoms with Gasteiger partial charge in [0.2, 0.25) is 5.91 Å². The molecule has 0 radical (unpaired) electrons. The average Bonchev–Trinajstić information content (AvgIpc) is 3.25. The fraction of sp³-hybridized carbons (Fsp3) is 0.310. The van der Waals surface area contributed by atoms with Crippen LogP contribution in [0.15, 0.2) is 66.9 Å². The molecule has 1 N–H and O–H groups in total. The lowest BCUT2D eigenvalue weighted by Crippen LogP contribution is -2.44. The lowest BCUT2D eigenvalue weighted by atomic mass is 9.94. The normalized spacial score (nSPS) is 12.9. The Bertz CT molecular complexity index is 1380. The van der Waals surface area contributed by atoms with Crippen LogP contribution in [-0.4, -0.2) is 28.8 Å². The number of carbonyl (C=O) groups is 1. The number of nitrogens with one attached hydrogen (secondary N) is 1. The minimum Gasteiger partial charge on any atom is -0.494 e. The molecule has 0 bridgehead atoms. The molecule has 0 unspecified atom stereocenters. The van der Waals surface area contributed by atoms with Crippen LogP contribution in [-0.2, 0) is 4.79 Å². The largest absolute Gasteiger partial charge is 0.494 e. The summed E-state index contributed by atoms with van der Waals surface area (Å²) in [6, 6.07) is 15.7. The summed E-state index contributed by atoms with van der Waals surface area (Å²) in [6.45, 7) is 7.29. The molecule has 0 spiro atoms. The molecule has 0 aliphatic rings. The number of fused-ring (bicyclic) bond motifs is 1. The maximum atomic E-state index is 14.6. The SMILES string of the molecule is C.COc1ccc([C@@H](Oc2ccc3c(cnn3-c3ccc(F)cc3)c2)[C@H](C)NC(=O)C(C)(C)C)cc1F. The Balaban J connectivity index is 0.00000380. The Hall–Kier alpha value is -3.94. The van der Waals surface area contributed by atoms with Crippen molar-refractivity contribution in [1.29, 1.82) is 0 Å². The number of ether oxygens (including phenoxy) is 2. The van der Waals surface area contributed by atoms with E-state index in [2.05, 4.69) is 10.4 Å². The van der Waals surface area contributed by atoms with E-state index in [9.17, 15) is 13.6 Å². The number of hydrogen-bond acceptors (Lipinski definition) is 4. The van der Waals surface area contributed by atoms with E-state index in [1.54, 1.807) is 35.1 Å². The Morgan fingerprint density at radius 3 is 2.35 bits per heavy atom. The first-order chi connectivity index (χ1) is 17.1. The number of benzene rings is 3. The van der Waals surface area contributed by atoms with E-state index in [0.717, 1.165) is 16.6 Å². The van der Waals surface area contributed by atoms with E-state index >= 15 is 0 Å². The molecular formula is C29H33F2N3O3. The predicted octanol–water partition coefficient (Wildman–Crippen LogP) is 6.62. The van der Waals surface area contributed by atoms with Gasteiger partial charge in [-0.15, -0.1) is 0 Å². The Morgan fingerprint density at radius 1 is 1.03 bits per heavy atom. The smallest absolute Gasteiger partial charge is 0.225 e. The van der Waals surface area contributed by atoms with Crippen LogP contribution >= 0.6 is 0 Å². The summed E-state index contributed by atoms with van der Waals surface area (Å²) in [7, 11) is 1.40. The maximum absolute atomic E-state index is 14.6. The van der Waals surface area contributed by atoms with Gasteiger partial charge in [-0.2, -0.15) is 5.10 Å². The van der Waals surface area contributed by atoms with Crippen molar-refractivity contribution < 1.29 is 23.0 Å². The molecule has 37 heavy (non-hydrogen) atoms. The van der Waals surface area contributed by atoms with Gasteiger partial charge in [-0.1, -0.05) is 34.3 Å². The first-order valence-corrected chi connectivity index (χ1v) is 11.6. The highest BCUT2D eigenvalue weighted by atomic mass is 19.1. The molecule has 6 nitrogen and oxygen atoms in total. The maximum Gasteiger partial charge on any atom is 0.225 e. The minimum atomic E-state index is -0.679. The Morgan fingerprint density at radius 2 is 1.73 bits per heavy atom. The molecule has 0 aliphatic heterocycles. The van der Waals surface area contributed by atoms with E-state index in [4.69, 9.17) is 9.47 Å². The van der Waals surface area contributed by atoms with E-state index < -0.39 is 23.4 Å². The fourth-order valence-electron chi connectivity index (χ4n) is 3.84. The first-order valence-electron chi connectivity index (χ1n) is 11.6. The molecule has 0 fully saturated rings. The highest BCUT2D eigenvalue weighted by molar-refractivity contribution is 5.82. The highest BCUT2D eigenvalue weighted by Crippen LogP contribution is 2.31. The van der Waals surface area contributed by atoms with E-state index in [0.29, 0.717) is 11.3 Å². The van der Waals surface area contributed by atoms with E-state index in [1.807, 2.05) is 39.8 Å². The van der Waals surface area contributed by atoms with Crippen LogP contribution in [0, 0.1) is 17.0 Å². The molecule has 4 aromatic rings. The number of halogens is 2. The van der Waals surface area contributed by atoms with Crippen molar-refractivity contribution in [2.24, 2.45) is 5.41 Å². The number of amides is 1. The van der Waals surface area contributed by atoms with Gasteiger partial charge in [0.05, 0.1) is 30.6 Å². The van der Waals surface area contributed by atoms with Crippen LogP contribution in [0.4, 0.5) is 8.78 Å². The summed E-state index contributed by atoms with van der Waals surface area (Å²) in [5, 5.41) is 8.22. The van der Waals surface area contributed by atoms with Crippen molar-refractivity contribution in [3.63, 3.8) is 0 Å². The van der Waals surface area contributed by atoms with Crippen LogP contribution in [0.1, 0.15) is 46.8 Å². The topological polar surface area (TPSA) is 65.4 Å². The predicted molar refractivity (Wildman–Crippen MR) is 141 cm³/mol. The lowest BCUT2D eigenvalue weighted by molar-refractivity contribution is -0.129. The molecule has 3 aromatic carbocycles. The van der Waals surface area contributed by atoms with Gasteiger partial charge in [0.25, 0.3) is 0 Å². The second kappa shape index (κ2) is 11.0. The zero-order chi connectivity index (χ0) is 26.0. The van der Waals surface area contributed by atoms with Crippen molar-refractivity contribution in [3.05, 3.63) is 84.1 Å². The number of nitrogens with zero attached hydrogens (tertiary/aromatic N) is 2. The van der Waals surface area contributed by atoms with Gasteiger partial charge in [-0.05, 0) is 67.1 Å². The molecule has 2 atom stereocenters. The summed E-state index contributed by atoms with van der Waals surface area (Å²) in [5.74, 6) is -0.333. The first kappa shape index (κ1) is 27.6. The van der Waals surface area contributed by atoms with Gasteiger partial charge in [0, 0.05) is 10.8 Å². The van der Waals surface area contributed by atoms with E-state index in [1.165, 1.54) is 31.4 Å². The molecule has 8 heteroatoms. The summed E-state index contributed by atoms with van der Waals surface area (Å²) in [5.41, 5.74) is 1.50. The molecule has 1 heterocycles. The summed E-state index contributed by atoms with van der Waals surface area (Å²) < 4.78 is 41.0. The van der Waals surface area contributed by atoms with Crippen LogP contribution in [0.5, 0.6) is 11.5 Å². The van der Waals surface area contributed by atoms with Gasteiger partial charge in [-0.3, -0.25) is 4.79 Å². The quantitative estimate of drug-likeness (QED) is 0.304. The monoisotopic (exact) mass is 509 g/mol. The van der Waals surface area contributed by atoms with Gasteiger partial charge in [0.15, 0.2) is 11.6 Å². The average molecular weight is 510 g/mol. The van der Waals surface area contributed by atoms with Crippen molar-refractivity contribution >= 4 is 16.8 Å². The van der Waals surface area contributed by atoms with Gasteiger partial charge in [0.1, 0.15) is 17.7 Å². The van der Waals surface area contributed by atoms with Gasteiger partial charge >= 0.3 is 0 Å². The van der Waals surface area contributed by atoms with Gasteiger partial charge in [-0.25, -0.2) is 13.5 Å². The second-order valence-corrected chi connectivity index (χ2v) is 9.70. The molecule has 196 valence electrons. The lowest BCUT2D eigenvalue weighted by Gasteiger charge is -2.29. The van der Waals surface area contributed by atoms with Crippen LogP contribution in [0.2, 0.25) is 0 Å². The molecule has 1 amide bonds. The molecule has 1 aromatic heterocycles. The number of methoxy groups -OCH3 is 1. The summed E-state index contributed by atoms with van der Waals surface area (Å²) >= 11 is 0. The highest BCUT2D eigenvalue weighted by Gasteiger charge is 2.29. The Kier molecular flexibility index (Phi) is 8.21. The number of rotatable bonds is 7. The van der Waals surface area contributed by atoms with Gasteiger partial charge < -0.3 is 14.8 Å². The molecule has 0 saturated carbocycles. The summed E-state index contributed by atoms with van der Waals surface area (Å²) in [4.78, 5) is 12.7. The minimum absolute atomic E-state index is 0. The molecule has 4 rings (SSSR count). The molecule has 0 aliphatic carbocycles. The van der Waals surface area contributed by atoms with Crippen LogP contribution in [0.3, 0.4) is 0 Å². The van der Waals surface area contributed by atoms with Crippen LogP contribution in [0.25, 0.3) is 16.6 Å². The third-order valence-electron chi connectivity index (χ3n) is 5.87. The fourth-order valence-corrected chi connectivity index (χ4v) is 3.84. The third-order valence-corrected chi connectivity index (χ3v) is 5.87. The number of carbonyl (C=O) groups excluding carboxylic acids is 1. The summed E-state index contributed by atoms with van der Waals surface area (Å²) in [6.07, 6.45) is 1.01. The second-order valence-electron chi connectivity index (χ2n) is 9.70. The zero-order valence-corrected chi connectivity index (χ0v) is 20.9. The third kappa shape index (κ3) is 6.07. The van der Waals surface area contributed by atoms with Crippen molar-refractivity contribution in [1.82, 2.24) is 15.1 Å². The standard InChI is InChI=1S/C28H29F2N3O3.CH4/c1-17(32-27(34)28(2,3)4)26(18-6-13-25(35-5)23(30)15-18)36-22-11-12-24-19(14-22)16-31-33(24)21-9-7-20(29)8-10-21;/h6-17,26H,1-5H3,(H,32,34);1H4/t17-,26-;/m0./s1. The van der Waals surface area contributed by atoms with Crippen molar-refractivity contribution in [2.75, 3.05) is 7.11 Å². The number of hydrogen-bond donors (Lipinski definition) is 1. The zero-order valence-electron chi connectivity index (χ0n) is 20.9. The molecular weight excluding hydrogens is 476 g/mol. The molecule has 0 saturated heterocycles. The number of aromatic nitrogens is 2. The van der Waals surface area contributed by atoms with Crippen LogP contribution < -0.4 is 14.8 Å². The van der Waals surface area contributed by atoms with Crippen molar-refractivity contribution in [3.8, 4) is 17.2 Å². The Labute approximate surface area is 216 Å². The van der Waals surface area contributed by atoms with E-state index in [-0.39, 0.29) is 24.9 Å².